The molecule has 1 aliphatic carbocycles. The van der Waals surface area contributed by atoms with Gasteiger partial charge in [0.15, 0.2) is 0 Å². The number of aliphatic carboxylic acids is 1. The lowest BCUT2D eigenvalue weighted by Gasteiger charge is -2.32. The Hall–Kier alpha value is -2.37. The topological polar surface area (TPSA) is 104 Å². The van der Waals surface area contributed by atoms with Crippen molar-refractivity contribution in [3.8, 4) is 12.3 Å². The maximum absolute atomic E-state index is 12.6. The van der Waals surface area contributed by atoms with Gasteiger partial charge in [0.1, 0.15) is 0 Å². The molecule has 26 heavy (non-hydrogen) atoms. The molecule has 1 saturated carbocycles. The second kappa shape index (κ2) is 6.74. The molecule has 2 N–H and O–H groups in total. The molecular weight excluding hydrogens is 356 g/mol. The summed E-state index contributed by atoms with van der Waals surface area (Å²) in [7, 11) is -3.68. The van der Waals surface area contributed by atoms with Gasteiger partial charge in [0.25, 0.3) is 5.91 Å². The number of rotatable bonds is 5. The van der Waals surface area contributed by atoms with Crippen molar-refractivity contribution in [3.63, 3.8) is 0 Å². The van der Waals surface area contributed by atoms with Crippen molar-refractivity contribution in [1.82, 2.24) is 9.62 Å². The fourth-order valence-electron chi connectivity index (χ4n) is 3.58. The van der Waals surface area contributed by atoms with E-state index in [1.165, 1.54) is 24.3 Å². The van der Waals surface area contributed by atoms with Crippen LogP contribution < -0.4 is 4.72 Å². The zero-order valence-electron chi connectivity index (χ0n) is 14.1. The highest BCUT2D eigenvalue weighted by Gasteiger charge is 2.59. The van der Waals surface area contributed by atoms with Crippen molar-refractivity contribution in [2.75, 3.05) is 19.6 Å². The first-order valence-electron chi connectivity index (χ1n) is 8.34. The third-order valence-electron chi connectivity index (χ3n) is 5.31. The van der Waals surface area contributed by atoms with Gasteiger partial charge in [-0.1, -0.05) is 5.92 Å². The van der Waals surface area contributed by atoms with E-state index in [9.17, 15) is 18.0 Å². The average molecular weight is 376 g/mol. The first-order valence-corrected chi connectivity index (χ1v) is 9.83. The maximum atomic E-state index is 12.6. The molecule has 1 spiro atoms. The Bertz CT molecular complexity index is 862. The lowest BCUT2D eigenvalue weighted by atomic mass is 9.90. The van der Waals surface area contributed by atoms with E-state index in [0.29, 0.717) is 37.9 Å². The summed E-state index contributed by atoms with van der Waals surface area (Å²) < 4.78 is 26.2. The average Bonchev–Trinajstić information content (AvgIpc) is 3.34. The van der Waals surface area contributed by atoms with E-state index in [2.05, 4.69) is 10.6 Å². The van der Waals surface area contributed by atoms with Crippen molar-refractivity contribution >= 4 is 21.9 Å². The number of hydrogen-bond acceptors (Lipinski definition) is 4. The van der Waals surface area contributed by atoms with E-state index in [1.807, 2.05) is 0 Å². The van der Waals surface area contributed by atoms with Gasteiger partial charge in [-0.15, -0.1) is 6.42 Å². The van der Waals surface area contributed by atoms with Gasteiger partial charge in [0.2, 0.25) is 10.0 Å². The van der Waals surface area contributed by atoms with Gasteiger partial charge < -0.3 is 10.0 Å². The zero-order chi connectivity index (χ0) is 18.9. The van der Waals surface area contributed by atoms with E-state index >= 15 is 0 Å². The first kappa shape index (κ1) is 18.4. The van der Waals surface area contributed by atoms with Crippen LogP contribution in [0.5, 0.6) is 0 Å². The molecule has 138 valence electrons. The normalized spacial score (nSPS) is 21.2. The smallest absolute Gasteiger partial charge is 0.307 e. The molecule has 1 heterocycles. The number of hydrogen-bond donors (Lipinski definition) is 2. The Morgan fingerprint density at radius 1 is 1.27 bits per heavy atom. The molecular formula is C18H20N2O5S. The highest BCUT2D eigenvalue weighted by atomic mass is 32.2. The van der Waals surface area contributed by atoms with Gasteiger partial charge in [0, 0.05) is 18.7 Å². The van der Waals surface area contributed by atoms with Crippen LogP contribution in [-0.4, -0.2) is 49.9 Å². The van der Waals surface area contributed by atoms with Gasteiger partial charge in [-0.3, -0.25) is 9.59 Å². The largest absolute Gasteiger partial charge is 0.481 e. The Labute approximate surface area is 152 Å². The SMILES string of the molecule is C#CCNS(=O)(=O)c1ccc(C(=O)N2CCC3(CC2)CC3C(=O)O)cc1. The molecule has 1 atom stereocenters. The Morgan fingerprint density at radius 2 is 1.88 bits per heavy atom. The van der Waals surface area contributed by atoms with Crippen LogP contribution in [0.2, 0.25) is 0 Å². The number of carboxylic acids is 1. The molecule has 0 radical (unpaired) electrons. The summed E-state index contributed by atoms with van der Waals surface area (Å²) in [6.07, 6.45) is 7.13. The van der Waals surface area contributed by atoms with Crippen LogP contribution in [-0.2, 0) is 14.8 Å². The summed E-state index contributed by atoms with van der Waals surface area (Å²) >= 11 is 0. The van der Waals surface area contributed by atoms with Crippen LogP contribution >= 0.6 is 0 Å². The van der Waals surface area contributed by atoms with Gasteiger partial charge in [-0.05, 0) is 48.9 Å². The Balaban J connectivity index is 1.63. The van der Waals surface area contributed by atoms with Crippen LogP contribution in [0.15, 0.2) is 29.2 Å². The molecule has 2 aliphatic rings. The monoisotopic (exact) mass is 376 g/mol. The number of sulfonamides is 1. The van der Waals surface area contributed by atoms with Crippen molar-refractivity contribution in [2.45, 2.75) is 24.2 Å². The quantitative estimate of drug-likeness (QED) is 0.744. The van der Waals surface area contributed by atoms with E-state index in [0.717, 1.165) is 0 Å². The minimum absolute atomic E-state index is 0.0455. The number of benzene rings is 1. The van der Waals surface area contributed by atoms with Gasteiger partial charge in [-0.25, -0.2) is 8.42 Å². The summed E-state index contributed by atoms with van der Waals surface area (Å²) in [5.41, 5.74) is 0.269. The number of amides is 1. The van der Waals surface area contributed by atoms with Crippen molar-refractivity contribution in [3.05, 3.63) is 29.8 Å². The predicted octanol–water partition coefficient (Wildman–Crippen LogP) is 0.925. The number of nitrogens with one attached hydrogen (secondary N) is 1. The second-order valence-corrected chi connectivity index (χ2v) is 8.57. The number of likely N-dealkylation sites (tertiary alicyclic amines) is 1. The maximum Gasteiger partial charge on any atom is 0.307 e. The van der Waals surface area contributed by atoms with Gasteiger partial charge in [-0.2, -0.15) is 4.72 Å². The molecule has 0 aromatic heterocycles. The van der Waals surface area contributed by atoms with Crippen molar-refractivity contribution in [1.29, 1.82) is 0 Å². The lowest BCUT2D eigenvalue weighted by Crippen LogP contribution is -2.40. The molecule has 1 aromatic carbocycles. The molecule has 7 nitrogen and oxygen atoms in total. The van der Waals surface area contributed by atoms with E-state index < -0.39 is 16.0 Å². The van der Waals surface area contributed by atoms with Crippen molar-refractivity contribution < 1.29 is 23.1 Å². The third-order valence-corrected chi connectivity index (χ3v) is 6.73. The van der Waals surface area contributed by atoms with Crippen LogP contribution in [0.4, 0.5) is 0 Å². The summed E-state index contributed by atoms with van der Waals surface area (Å²) in [6.45, 7) is 0.939. The van der Waals surface area contributed by atoms with Crippen LogP contribution in [0.3, 0.4) is 0 Å². The molecule has 8 heteroatoms. The van der Waals surface area contributed by atoms with Crippen LogP contribution in [0, 0.1) is 23.7 Å². The fourth-order valence-corrected chi connectivity index (χ4v) is 4.52. The molecule has 1 aliphatic heterocycles. The number of carboxylic acid groups (broad SMARTS) is 1. The number of terminal acetylenes is 1. The standard InChI is InChI=1S/C18H20N2O5S/c1-2-9-19-26(24,25)14-5-3-13(4-6-14)16(21)20-10-7-18(8-11-20)12-15(18)17(22)23/h1,3-6,15,19H,7-12H2,(H,22,23). The molecule has 2 fully saturated rings. The summed E-state index contributed by atoms with van der Waals surface area (Å²) in [4.78, 5) is 25.4. The second-order valence-electron chi connectivity index (χ2n) is 6.80. The number of nitrogens with zero attached hydrogens (tertiary/aromatic N) is 1. The number of carbonyl (C=O) groups excluding carboxylic acids is 1. The van der Waals surface area contributed by atoms with Crippen LogP contribution in [0.25, 0.3) is 0 Å². The minimum atomic E-state index is -3.68. The van der Waals surface area contributed by atoms with E-state index in [4.69, 9.17) is 11.5 Å². The van der Waals surface area contributed by atoms with Gasteiger partial charge in [0.05, 0.1) is 17.4 Å². The summed E-state index contributed by atoms with van der Waals surface area (Å²) in [5.74, 6) is 0.999. The van der Waals surface area contributed by atoms with Crippen LogP contribution in [0.1, 0.15) is 29.6 Å². The fraction of sp³-hybridized carbons (Fsp3) is 0.444. The lowest BCUT2D eigenvalue weighted by molar-refractivity contribution is -0.139. The first-order chi connectivity index (χ1) is 12.3. The van der Waals surface area contributed by atoms with Crippen molar-refractivity contribution in [2.24, 2.45) is 11.3 Å². The van der Waals surface area contributed by atoms with E-state index in [-0.39, 0.29) is 28.7 Å². The molecule has 0 bridgehead atoms. The predicted molar refractivity (Wildman–Crippen MR) is 93.8 cm³/mol. The summed E-state index contributed by atoms with van der Waals surface area (Å²) in [5, 5.41) is 9.12. The zero-order valence-corrected chi connectivity index (χ0v) is 15.0. The molecule has 1 unspecified atom stereocenters. The number of piperidine rings is 1. The Kier molecular flexibility index (Phi) is 4.78. The Morgan fingerprint density at radius 3 is 2.38 bits per heavy atom. The highest BCUT2D eigenvalue weighted by Crippen LogP contribution is 2.59. The van der Waals surface area contributed by atoms with Gasteiger partial charge >= 0.3 is 5.97 Å². The summed E-state index contributed by atoms with van der Waals surface area (Å²) in [6, 6.07) is 5.71. The number of carbonyl (C=O) groups is 2. The molecule has 1 aromatic rings. The molecule has 3 rings (SSSR count). The minimum Gasteiger partial charge on any atom is -0.481 e. The molecule has 1 amide bonds. The van der Waals surface area contributed by atoms with E-state index in [1.54, 1.807) is 4.90 Å². The third kappa shape index (κ3) is 3.45. The molecule has 1 saturated heterocycles. The highest BCUT2D eigenvalue weighted by molar-refractivity contribution is 7.89.